The van der Waals surface area contributed by atoms with Gasteiger partial charge in [-0.1, -0.05) is 0 Å². The summed E-state index contributed by atoms with van der Waals surface area (Å²) in [6.45, 7) is 3.82. The summed E-state index contributed by atoms with van der Waals surface area (Å²) in [5.74, 6) is 1.35. The number of amides is 1. The van der Waals surface area contributed by atoms with E-state index < -0.39 is 18.6 Å². The van der Waals surface area contributed by atoms with Crippen molar-refractivity contribution in [2.24, 2.45) is 0 Å². The van der Waals surface area contributed by atoms with Gasteiger partial charge in [0.05, 0.1) is 11.6 Å². The van der Waals surface area contributed by atoms with E-state index in [2.05, 4.69) is 10.4 Å². The average molecular weight is 349 g/mol. The molecule has 1 fully saturated rings. The third-order valence-corrected chi connectivity index (χ3v) is 5.31. The topological polar surface area (TPSA) is 46.9 Å². The van der Waals surface area contributed by atoms with Crippen LogP contribution in [0.15, 0.2) is 0 Å². The van der Waals surface area contributed by atoms with E-state index in [9.17, 15) is 18.0 Å². The van der Waals surface area contributed by atoms with Gasteiger partial charge >= 0.3 is 6.18 Å². The summed E-state index contributed by atoms with van der Waals surface area (Å²) in [7, 11) is 0. The van der Waals surface area contributed by atoms with Crippen molar-refractivity contribution in [3.05, 3.63) is 17.0 Å². The first-order chi connectivity index (χ1) is 10.7. The highest BCUT2D eigenvalue weighted by Gasteiger charge is 2.32. The zero-order valence-corrected chi connectivity index (χ0v) is 14.4. The van der Waals surface area contributed by atoms with Gasteiger partial charge in [-0.2, -0.15) is 30.0 Å². The molecule has 0 saturated carbocycles. The molecule has 1 aliphatic rings. The summed E-state index contributed by atoms with van der Waals surface area (Å²) in [5.41, 5.74) is 1.48. The summed E-state index contributed by atoms with van der Waals surface area (Å²) in [6, 6.07) is 0.148. The zero-order valence-electron chi connectivity index (χ0n) is 13.5. The molecular formula is C15H22F3N3OS. The van der Waals surface area contributed by atoms with Crippen LogP contribution in [0.2, 0.25) is 0 Å². The number of hydrogen-bond donors (Lipinski definition) is 1. The average Bonchev–Trinajstić information content (AvgIpc) is 2.71. The number of rotatable bonds is 4. The molecule has 1 N–H and O–H groups in total. The number of aryl methyl sites for hydroxylation is 1. The Balaban J connectivity index is 2.11. The van der Waals surface area contributed by atoms with Crippen LogP contribution < -0.4 is 5.32 Å². The number of alkyl halides is 3. The number of nitrogens with zero attached hydrogens (tertiary/aromatic N) is 2. The fraction of sp³-hybridized carbons (Fsp3) is 0.733. The summed E-state index contributed by atoms with van der Waals surface area (Å²) >= 11 is 1.81. The van der Waals surface area contributed by atoms with E-state index in [1.807, 2.05) is 11.8 Å². The van der Waals surface area contributed by atoms with Crippen molar-refractivity contribution in [3.63, 3.8) is 0 Å². The Morgan fingerprint density at radius 2 is 2.17 bits per heavy atom. The van der Waals surface area contributed by atoms with Crippen LogP contribution in [-0.2, 0) is 11.3 Å². The summed E-state index contributed by atoms with van der Waals surface area (Å²) in [6.07, 6.45) is -2.30. The Morgan fingerprint density at radius 3 is 2.74 bits per heavy atom. The monoisotopic (exact) mass is 349 g/mol. The maximum absolute atomic E-state index is 12.6. The van der Waals surface area contributed by atoms with Crippen LogP contribution in [0.4, 0.5) is 13.2 Å². The van der Waals surface area contributed by atoms with E-state index in [0.29, 0.717) is 17.0 Å². The van der Waals surface area contributed by atoms with Crippen LogP contribution >= 0.6 is 11.8 Å². The Labute approximate surface area is 138 Å². The van der Waals surface area contributed by atoms with Gasteiger partial charge in [-0.3, -0.25) is 9.48 Å². The summed E-state index contributed by atoms with van der Waals surface area (Å²) < 4.78 is 38.7. The summed E-state index contributed by atoms with van der Waals surface area (Å²) in [4.78, 5) is 12.4. The van der Waals surface area contributed by atoms with Crippen molar-refractivity contribution in [1.82, 2.24) is 15.1 Å². The molecule has 0 bridgehead atoms. The fourth-order valence-electron chi connectivity index (χ4n) is 2.97. The van der Waals surface area contributed by atoms with Crippen LogP contribution in [0.5, 0.6) is 0 Å². The number of carbonyl (C=O) groups is 1. The highest BCUT2D eigenvalue weighted by atomic mass is 32.2. The minimum atomic E-state index is -4.33. The van der Waals surface area contributed by atoms with E-state index in [-0.39, 0.29) is 11.9 Å². The quantitative estimate of drug-likeness (QED) is 0.908. The fourth-order valence-corrected chi connectivity index (χ4v) is 4.05. The standard InChI is InChI=1S/C15H22F3N3OS/c1-9(14(22)19-12-5-4-6-23-7-12)13-10(2)20-21(11(13)3)8-15(16,17)18/h9,12H,4-8H2,1-3H3,(H,19,22)/t9-,12+/m1/s1. The molecule has 1 aliphatic heterocycles. The van der Waals surface area contributed by atoms with Gasteiger partial charge in [0.15, 0.2) is 0 Å². The van der Waals surface area contributed by atoms with E-state index in [4.69, 9.17) is 0 Å². The molecule has 1 aromatic heterocycles. The first kappa shape index (κ1) is 18.2. The van der Waals surface area contributed by atoms with Crippen LogP contribution in [0.25, 0.3) is 0 Å². The molecule has 0 aromatic carbocycles. The number of halogens is 3. The molecule has 1 saturated heterocycles. The highest BCUT2D eigenvalue weighted by molar-refractivity contribution is 7.99. The second-order valence-corrected chi connectivity index (χ2v) is 7.15. The van der Waals surface area contributed by atoms with Crippen molar-refractivity contribution in [2.45, 2.75) is 58.3 Å². The van der Waals surface area contributed by atoms with Gasteiger partial charge in [-0.05, 0) is 39.4 Å². The van der Waals surface area contributed by atoms with Gasteiger partial charge in [-0.25, -0.2) is 0 Å². The maximum Gasteiger partial charge on any atom is 0.408 e. The number of carbonyl (C=O) groups excluding carboxylic acids is 1. The van der Waals surface area contributed by atoms with Gasteiger partial charge < -0.3 is 5.32 Å². The van der Waals surface area contributed by atoms with E-state index in [0.717, 1.165) is 29.0 Å². The van der Waals surface area contributed by atoms with E-state index in [1.54, 1.807) is 20.8 Å². The number of nitrogens with one attached hydrogen (secondary N) is 1. The lowest BCUT2D eigenvalue weighted by Gasteiger charge is -2.24. The molecule has 8 heteroatoms. The second kappa shape index (κ2) is 7.15. The van der Waals surface area contributed by atoms with Crippen LogP contribution in [-0.4, -0.2) is 39.4 Å². The Hall–Kier alpha value is -1.18. The molecule has 130 valence electrons. The van der Waals surface area contributed by atoms with Crippen molar-refractivity contribution < 1.29 is 18.0 Å². The Kier molecular flexibility index (Phi) is 5.65. The van der Waals surface area contributed by atoms with Crippen molar-refractivity contribution in [1.29, 1.82) is 0 Å². The van der Waals surface area contributed by atoms with E-state index in [1.165, 1.54) is 0 Å². The molecular weight excluding hydrogens is 327 g/mol. The number of aromatic nitrogens is 2. The molecule has 1 amide bonds. The number of thioether (sulfide) groups is 1. The van der Waals surface area contributed by atoms with Gasteiger partial charge in [0, 0.05) is 23.1 Å². The first-order valence-electron chi connectivity index (χ1n) is 7.68. The normalized spacial score (nSPS) is 20.3. The molecule has 2 rings (SSSR count). The SMILES string of the molecule is Cc1nn(CC(F)(F)F)c(C)c1[C@@H](C)C(=O)N[C@H]1CCCSC1. The molecule has 23 heavy (non-hydrogen) atoms. The van der Waals surface area contributed by atoms with Crippen molar-refractivity contribution >= 4 is 17.7 Å². The maximum atomic E-state index is 12.6. The van der Waals surface area contributed by atoms with Crippen molar-refractivity contribution in [2.75, 3.05) is 11.5 Å². The Bertz CT molecular complexity index is 565. The van der Waals surface area contributed by atoms with Crippen LogP contribution in [0, 0.1) is 13.8 Å². The van der Waals surface area contributed by atoms with Gasteiger partial charge in [0.25, 0.3) is 0 Å². The van der Waals surface area contributed by atoms with Crippen LogP contribution in [0.1, 0.15) is 42.6 Å². The zero-order chi connectivity index (χ0) is 17.2. The lowest BCUT2D eigenvalue weighted by molar-refractivity contribution is -0.143. The lowest BCUT2D eigenvalue weighted by Crippen LogP contribution is -2.40. The molecule has 4 nitrogen and oxygen atoms in total. The van der Waals surface area contributed by atoms with Gasteiger partial charge in [-0.15, -0.1) is 0 Å². The molecule has 2 atom stereocenters. The predicted octanol–water partition coefficient (Wildman–Crippen LogP) is 3.18. The third kappa shape index (κ3) is 4.65. The third-order valence-electron chi connectivity index (χ3n) is 4.10. The van der Waals surface area contributed by atoms with Crippen molar-refractivity contribution in [3.8, 4) is 0 Å². The lowest BCUT2D eigenvalue weighted by atomic mass is 9.97. The van der Waals surface area contributed by atoms with Gasteiger partial charge in [0.1, 0.15) is 6.54 Å². The molecule has 2 heterocycles. The highest BCUT2D eigenvalue weighted by Crippen LogP contribution is 2.27. The molecule has 0 radical (unpaired) electrons. The smallest absolute Gasteiger partial charge is 0.352 e. The first-order valence-corrected chi connectivity index (χ1v) is 8.83. The molecule has 0 unspecified atom stereocenters. The Morgan fingerprint density at radius 1 is 1.48 bits per heavy atom. The molecule has 0 spiro atoms. The minimum Gasteiger partial charge on any atom is -0.352 e. The molecule has 1 aromatic rings. The number of hydrogen-bond acceptors (Lipinski definition) is 3. The predicted molar refractivity (Wildman–Crippen MR) is 84.7 cm³/mol. The minimum absolute atomic E-state index is 0.143. The largest absolute Gasteiger partial charge is 0.408 e. The second-order valence-electron chi connectivity index (χ2n) is 6.00. The van der Waals surface area contributed by atoms with E-state index >= 15 is 0 Å². The van der Waals surface area contributed by atoms with Crippen LogP contribution in [0.3, 0.4) is 0 Å². The summed E-state index contributed by atoms with van der Waals surface area (Å²) in [5, 5.41) is 6.97. The van der Waals surface area contributed by atoms with Gasteiger partial charge in [0.2, 0.25) is 5.91 Å². The molecule has 0 aliphatic carbocycles.